The normalized spacial score (nSPS) is 11.6. The number of aryl methyl sites for hydroxylation is 4. The van der Waals surface area contributed by atoms with Crippen molar-refractivity contribution in [1.82, 2.24) is 120 Å². The Kier molecular flexibility index (Phi) is 34.9. The summed E-state index contributed by atoms with van der Waals surface area (Å²) in [7, 11) is 1.94. The van der Waals surface area contributed by atoms with Crippen molar-refractivity contribution in [1.29, 1.82) is 0 Å². The standard InChI is InChI=1S/3C24H22F3N4.C13H11N4.C10H13N4.C8H9N4.3Pt/c3*1-13(2)15-10-7-11-16(14(3)4)20(15)19-12-28-21(18-9-6-5-8-17(18)19)22-29-23(31-30-22)24(25,26)27;1-10-9-12(16-15-10)13-14-7-8-17(13)11-5-3-2-4-6-11;1-7(2)14-5-4-11-10(14)9-6-8(3)12-13-9;1-6-5-7(11-10-6)8-9-3-4-12(8)2;;;/h3*5-14H,1-4H3;2-9H,1H3;4-7H,1-3H3;3-5H,1-2H3;;;/q6*-1;3*+2. The van der Waals surface area contributed by atoms with E-state index in [1.807, 2.05) is 177 Å². The molecule has 36 heteroatoms. The van der Waals surface area contributed by atoms with Gasteiger partial charge in [0.1, 0.15) is 34.9 Å². The van der Waals surface area contributed by atoms with Gasteiger partial charge in [-0.3, -0.25) is 30.2 Å². The van der Waals surface area contributed by atoms with Gasteiger partial charge >= 0.3 is 81.7 Å². The van der Waals surface area contributed by atoms with Gasteiger partial charge in [0.05, 0.1) is 17.1 Å². The van der Waals surface area contributed by atoms with Crippen LogP contribution in [0, 0.1) is 20.8 Å². The fraction of sp³-hybridized carbons (Fsp3) is 0.272. The molecule has 724 valence electrons. The van der Waals surface area contributed by atoms with Gasteiger partial charge in [-0.2, -0.15) is 39.5 Å². The van der Waals surface area contributed by atoms with Crippen LogP contribution in [0.5, 0.6) is 0 Å². The minimum absolute atomic E-state index is 0. The second-order valence-electron chi connectivity index (χ2n) is 34.6. The first-order valence-corrected chi connectivity index (χ1v) is 44.2. The Bertz CT molecular complexity index is 6760. The minimum atomic E-state index is -4.65. The molecule has 0 fully saturated rings. The zero-order chi connectivity index (χ0) is 97.4. The van der Waals surface area contributed by atoms with Gasteiger partial charge in [-0.15, -0.1) is 0 Å². The molecule has 0 saturated heterocycles. The summed E-state index contributed by atoms with van der Waals surface area (Å²) in [6, 6.07) is 57.8. The number of nitrogens with zero attached hydrogens (tertiary/aromatic N) is 24. The van der Waals surface area contributed by atoms with Crippen molar-refractivity contribution in [2.45, 2.75) is 178 Å². The molecule has 0 atom stereocenters. The molecule has 0 aliphatic heterocycles. The largest absolute Gasteiger partial charge is 2.00 e. The molecular formula is C103H99F9N24Pt3. The van der Waals surface area contributed by atoms with Crippen LogP contribution in [0.2, 0.25) is 0 Å². The molecule has 0 N–H and O–H groups in total. The monoisotopic (exact) mass is 2430 g/mol. The van der Waals surface area contributed by atoms with Gasteiger partial charge in [0, 0.05) is 124 Å². The van der Waals surface area contributed by atoms with Crippen molar-refractivity contribution in [3.8, 4) is 108 Å². The molecule has 19 rings (SSSR count). The Labute approximate surface area is 841 Å². The SMILES string of the molecule is CC(C)c1cccc(C(C)C)c1-c1cnc(-c2nc(C(F)(F)F)n[n-]2)c2ccccc12.CC(C)c1cccc(C(C)C)c1-c1cnc(-c2nc(C(F)(F)F)n[n-]2)c2ccccc12.CC(C)c1cccc(C(C)C)c1-c1cnc(-c2nc(C(F)(F)F)n[n-]2)c2ccccc12.Cc1cc(-c2nccn2-c2ccccc2)[n-]n1.Cc1cc(-c2nccn2C(C)C)[n-]n1.Cc1cc(-c2nccn2C)[n-]n1.[Pt+2].[Pt+2].[Pt+2]. The van der Waals surface area contributed by atoms with E-state index in [1.165, 1.54) is 33.4 Å². The van der Waals surface area contributed by atoms with E-state index in [9.17, 15) is 39.5 Å². The number of aromatic nitrogens is 24. The summed E-state index contributed by atoms with van der Waals surface area (Å²) in [5.41, 5.74) is 20.6. The van der Waals surface area contributed by atoms with Crippen LogP contribution in [0.25, 0.3) is 140 Å². The summed E-state index contributed by atoms with van der Waals surface area (Å²) >= 11 is 0. The molecule has 0 aliphatic carbocycles. The molecule has 0 aliphatic rings. The van der Waals surface area contributed by atoms with Crippen molar-refractivity contribution < 1.29 is 103 Å². The minimum Gasteiger partial charge on any atom is -0.572 e. The maximum absolute atomic E-state index is 13.0. The Morgan fingerprint density at radius 2 is 0.576 bits per heavy atom. The average molecular weight is 2430 g/mol. The predicted octanol–water partition coefficient (Wildman–Crippen LogP) is 24.5. The molecule has 12 aromatic heterocycles. The zero-order valence-corrected chi connectivity index (χ0v) is 85.9. The number of para-hydroxylation sites is 1. The molecule has 0 spiro atoms. The first-order valence-electron chi connectivity index (χ1n) is 44.2. The molecule has 0 saturated carbocycles. The van der Waals surface area contributed by atoms with Crippen LogP contribution < -0.4 is 30.6 Å². The van der Waals surface area contributed by atoms with Gasteiger partial charge in [-0.05, 0) is 166 Å². The summed E-state index contributed by atoms with van der Waals surface area (Å²) < 4.78 is 123. The maximum Gasteiger partial charge on any atom is 2.00 e. The number of alkyl halides is 9. The van der Waals surface area contributed by atoms with Gasteiger partial charge in [-0.25, -0.2) is 15.0 Å². The van der Waals surface area contributed by atoms with Crippen molar-refractivity contribution in [3.05, 3.63) is 300 Å². The van der Waals surface area contributed by atoms with Gasteiger partial charge in [-0.1, -0.05) is 264 Å². The van der Waals surface area contributed by atoms with Crippen LogP contribution in [0.4, 0.5) is 39.5 Å². The van der Waals surface area contributed by atoms with E-state index in [2.05, 4.69) is 262 Å². The van der Waals surface area contributed by atoms with Crippen molar-refractivity contribution >= 4 is 32.3 Å². The van der Waals surface area contributed by atoms with Crippen LogP contribution in [0.3, 0.4) is 0 Å². The van der Waals surface area contributed by atoms with Crippen molar-refractivity contribution in [2.75, 3.05) is 0 Å². The van der Waals surface area contributed by atoms with E-state index in [0.29, 0.717) is 57.7 Å². The second-order valence-corrected chi connectivity index (χ2v) is 34.6. The van der Waals surface area contributed by atoms with Gasteiger partial charge in [0.15, 0.2) is 0 Å². The Morgan fingerprint density at radius 1 is 0.295 bits per heavy atom. The van der Waals surface area contributed by atoms with E-state index < -0.39 is 36.0 Å². The summed E-state index contributed by atoms with van der Waals surface area (Å²) in [5.74, 6) is 0.172. The van der Waals surface area contributed by atoms with E-state index in [-0.39, 0.29) is 97.8 Å². The molecule has 0 bridgehead atoms. The molecular weight excluding hydrogens is 2330 g/mol. The third-order valence-electron chi connectivity index (χ3n) is 22.5. The quantitative estimate of drug-likeness (QED) is 0.0765. The fourth-order valence-corrected chi connectivity index (χ4v) is 16.0. The van der Waals surface area contributed by atoms with E-state index in [1.54, 1.807) is 37.2 Å². The van der Waals surface area contributed by atoms with Crippen molar-refractivity contribution in [3.63, 3.8) is 0 Å². The number of hydrogen-bond donors (Lipinski definition) is 0. The number of halogens is 9. The molecule has 139 heavy (non-hydrogen) atoms. The number of hydrogen-bond acceptors (Lipinski definition) is 15. The Balaban J connectivity index is 0.000000164. The van der Waals surface area contributed by atoms with Crippen LogP contribution in [-0.2, 0) is 88.8 Å². The van der Waals surface area contributed by atoms with Crippen LogP contribution in [0.15, 0.2) is 232 Å². The van der Waals surface area contributed by atoms with E-state index in [4.69, 9.17) is 0 Å². The van der Waals surface area contributed by atoms with Gasteiger partial charge < -0.3 is 74.5 Å². The molecule has 7 aromatic carbocycles. The van der Waals surface area contributed by atoms with Crippen molar-refractivity contribution in [2.24, 2.45) is 7.05 Å². The summed E-state index contributed by atoms with van der Waals surface area (Å²) in [5, 5.41) is 49.3. The Morgan fingerprint density at radius 3 is 0.856 bits per heavy atom. The first-order chi connectivity index (χ1) is 64.8. The zero-order valence-electron chi connectivity index (χ0n) is 79.1. The summed E-state index contributed by atoms with van der Waals surface area (Å²) in [4.78, 5) is 37.1. The van der Waals surface area contributed by atoms with Gasteiger partial charge in [0.2, 0.25) is 0 Å². The smallest absolute Gasteiger partial charge is 0.572 e. The third-order valence-corrected chi connectivity index (χ3v) is 22.5. The average Bonchev–Trinajstić information content (AvgIpc) is 1.63. The predicted molar refractivity (Wildman–Crippen MR) is 507 cm³/mol. The Hall–Kier alpha value is -13.1. The number of imidazole rings is 3. The van der Waals surface area contributed by atoms with E-state index >= 15 is 0 Å². The van der Waals surface area contributed by atoms with Crippen LogP contribution >= 0.6 is 0 Å². The first kappa shape index (κ1) is 106. The molecule has 24 nitrogen and oxygen atoms in total. The van der Waals surface area contributed by atoms with Crippen LogP contribution in [0.1, 0.15) is 206 Å². The third kappa shape index (κ3) is 24.2. The number of benzene rings is 7. The molecule has 0 unspecified atom stereocenters. The van der Waals surface area contributed by atoms with Crippen LogP contribution in [-0.4, -0.2) is 89.1 Å². The summed E-state index contributed by atoms with van der Waals surface area (Å²) in [6.07, 6.45) is 2.29. The molecule has 12 heterocycles. The number of fused-ring (bicyclic) bond motifs is 3. The molecule has 19 aromatic rings. The maximum atomic E-state index is 13.0. The number of pyridine rings is 3. The second kappa shape index (κ2) is 45.7. The molecule has 0 radical (unpaired) electrons. The van der Waals surface area contributed by atoms with Gasteiger partial charge in [0.25, 0.3) is 0 Å². The number of rotatable bonds is 17. The van der Waals surface area contributed by atoms with E-state index in [0.717, 1.165) is 107 Å². The topological polar surface area (TPSA) is 293 Å². The fourth-order valence-electron chi connectivity index (χ4n) is 16.0. The molecule has 0 amide bonds. The summed E-state index contributed by atoms with van der Waals surface area (Å²) in [6.45, 7) is 35.8.